The molecule has 0 saturated carbocycles. The first kappa shape index (κ1) is 35.1. The molecule has 13 nitrogen and oxygen atoms in total. The van der Waals surface area contributed by atoms with Gasteiger partial charge < -0.3 is 20.8 Å². The number of nitro benzene ring substituents is 2. The maximum atomic E-state index is 15.1. The Kier molecular flexibility index (Phi) is 6.68. The molecule has 2 spiro atoms. The molecule has 5 aliphatic rings. The van der Waals surface area contributed by atoms with E-state index in [4.69, 9.17) is 9.88 Å². The van der Waals surface area contributed by atoms with Gasteiger partial charge in [-0.15, -0.1) is 0 Å². The Hall–Kier alpha value is -8.68. The number of ketones is 1. The van der Waals surface area contributed by atoms with E-state index in [1.165, 1.54) is 12.1 Å². The number of non-ortho nitro benzene ring substituents is 2. The summed E-state index contributed by atoms with van der Waals surface area (Å²) in [4.78, 5) is 49.2. The molecule has 0 aromatic heterocycles. The van der Waals surface area contributed by atoms with Crippen molar-refractivity contribution in [3.63, 3.8) is 0 Å². The summed E-state index contributed by atoms with van der Waals surface area (Å²) in [6.45, 7) is 0. The lowest BCUT2D eigenvalue weighted by molar-refractivity contribution is -0.385. The Morgan fingerprint density at radius 1 is 0.556 bits per heavy atom. The van der Waals surface area contributed by atoms with Gasteiger partial charge >= 0.3 is 0 Å². The Labute approximate surface area is 355 Å². The summed E-state index contributed by atoms with van der Waals surface area (Å²) in [5, 5.41) is 50.3. The zero-order valence-corrected chi connectivity index (χ0v) is 32.6. The molecule has 3 aliphatic carbocycles. The van der Waals surface area contributed by atoms with Crippen molar-refractivity contribution in [2.24, 2.45) is 4.99 Å². The van der Waals surface area contributed by atoms with Crippen molar-refractivity contribution < 1.29 is 24.8 Å². The molecule has 8 aromatic rings. The minimum absolute atomic E-state index is 0.0518. The number of nitro groups is 2. The monoisotopic (exact) mass is 824 g/mol. The second kappa shape index (κ2) is 12.0. The highest BCUT2D eigenvalue weighted by molar-refractivity contribution is 6.52. The van der Waals surface area contributed by atoms with Crippen LogP contribution in [0.15, 0.2) is 156 Å². The Balaban J connectivity index is 1.07. The zero-order chi connectivity index (χ0) is 42.5. The molecule has 0 bridgehead atoms. The van der Waals surface area contributed by atoms with Gasteiger partial charge in [-0.25, -0.2) is 10.2 Å². The van der Waals surface area contributed by atoms with E-state index in [1.54, 1.807) is 30.3 Å². The van der Waals surface area contributed by atoms with Crippen LogP contribution in [0.2, 0.25) is 0 Å². The Bertz CT molecular complexity index is 3710. The van der Waals surface area contributed by atoms with Crippen molar-refractivity contribution in [2.75, 3.05) is 16.0 Å². The molecule has 2 heterocycles. The summed E-state index contributed by atoms with van der Waals surface area (Å²) >= 11 is 0. The van der Waals surface area contributed by atoms with E-state index in [-0.39, 0.29) is 28.3 Å². The summed E-state index contributed by atoms with van der Waals surface area (Å²) in [6.07, 6.45) is 0. The number of benzene rings is 8. The molecule has 2 unspecified atom stereocenters. The maximum Gasteiger partial charge on any atom is 0.269 e. The van der Waals surface area contributed by atoms with Crippen LogP contribution in [0.1, 0.15) is 27.8 Å². The van der Waals surface area contributed by atoms with Gasteiger partial charge in [0.05, 0.1) is 32.0 Å². The second-order valence-electron chi connectivity index (χ2n) is 16.3. The van der Waals surface area contributed by atoms with Gasteiger partial charge in [0.2, 0.25) is 5.78 Å². The lowest BCUT2D eigenvalue weighted by Gasteiger charge is -2.41. The topological polar surface area (TPSA) is 181 Å². The van der Waals surface area contributed by atoms with E-state index in [0.717, 1.165) is 60.6 Å². The van der Waals surface area contributed by atoms with Gasteiger partial charge in [0.15, 0.2) is 17.1 Å². The third-order valence-electron chi connectivity index (χ3n) is 13.3. The van der Waals surface area contributed by atoms with E-state index in [2.05, 4.69) is 16.0 Å². The first-order valence-electron chi connectivity index (χ1n) is 20.2. The maximum absolute atomic E-state index is 15.1. The van der Waals surface area contributed by atoms with Crippen LogP contribution in [0.3, 0.4) is 0 Å². The summed E-state index contributed by atoms with van der Waals surface area (Å²) in [5.74, 6) is -0.452. The Morgan fingerprint density at radius 3 is 1.86 bits per heavy atom. The van der Waals surface area contributed by atoms with Crippen molar-refractivity contribution >= 4 is 66.9 Å². The van der Waals surface area contributed by atoms with Crippen molar-refractivity contribution in [2.45, 2.75) is 11.3 Å². The molecule has 300 valence electrons. The normalized spacial score (nSPS) is 19.9. The van der Waals surface area contributed by atoms with Gasteiger partial charge in [-0.2, -0.15) is 0 Å². The lowest BCUT2D eigenvalue weighted by Crippen LogP contribution is -2.45. The Morgan fingerprint density at radius 2 is 1.14 bits per heavy atom. The molecule has 13 heteroatoms. The fourth-order valence-electron chi connectivity index (χ4n) is 10.7. The fourth-order valence-corrected chi connectivity index (χ4v) is 10.7. The molecule has 63 heavy (non-hydrogen) atoms. The van der Waals surface area contributed by atoms with Crippen LogP contribution in [-0.2, 0) is 21.0 Å². The first-order valence-corrected chi connectivity index (χ1v) is 20.2. The number of hydrogen-bond donors (Lipinski definition) is 4. The standard InChI is InChI=1S/C50H28N6O7/c57-47-43(33-19-15-25-7-5-13-39-41(25)45(33)53-49(51-39)35-11-3-1-9-29(35)31-21-17-27(55(58)59)23-37(31)49)48(63-62)44(47)34-20-16-26-8-6-14-40-42(26)46(34)54-50(52-40)36-12-4-2-10-30(36)32-22-18-28(56(60)61)24-38(32)50/h1-24,51-53,62H/b44-34-. The lowest BCUT2D eigenvalue weighted by atomic mass is 9.79. The number of Topliss-reactive ketones (excluding diaryl/α,β-unsaturated/α-hetero) is 1. The van der Waals surface area contributed by atoms with Crippen molar-refractivity contribution in [3.05, 3.63) is 210 Å². The molecule has 4 N–H and O–H groups in total. The predicted molar refractivity (Wildman–Crippen MR) is 237 cm³/mol. The summed E-state index contributed by atoms with van der Waals surface area (Å²) in [7, 11) is 0. The number of rotatable bonds is 4. The van der Waals surface area contributed by atoms with Gasteiger partial charge in [-0.3, -0.25) is 25.0 Å². The molecular weight excluding hydrogens is 797 g/mol. The highest BCUT2D eigenvalue weighted by atomic mass is 17.1. The molecule has 8 aromatic carbocycles. The van der Waals surface area contributed by atoms with Crippen molar-refractivity contribution in [3.8, 4) is 22.3 Å². The third-order valence-corrected chi connectivity index (χ3v) is 13.3. The van der Waals surface area contributed by atoms with Gasteiger partial charge in [-0.1, -0.05) is 97.1 Å². The molecule has 0 saturated heterocycles. The minimum atomic E-state index is -1.30. The zero-order valence-electron chi connectivity index (χ0n) is 32.6. The number of hydrogen-bond acceptors (Lipinski definition) is 11. The van der Waals surface area contributed by atoms with E-state index in [9.17, 15) is 25.5 Å². The quantitative estimate of drug-likeness (QED) is 0.0759. The number of nitrogens with zero attached hydrogens (tertiary/aromatic N) is 3. The minimum Gasteiger partial charge on any atom is -0.355 e. The average molecular weight is 825 g/mol. The van der Waals surface area contributed by atoms with E-state index >= 15 is 4.79 Å². The van der Waals surface area contributed by atoms with Crippen LogP contribution >= 0.6 is 0 Å². The molecule has 0 radical (unpaired) electrons. The molecule has 0 amide bonds. The summed E-state index contributed by atoms with van der Waals surface area (Å²) in [6, 6.07) is 44.1. The first-order chi connectivity index (χ1) is 30.7. The molecule has 0 fully saturated rings. The van der Waals surface area contributed by atoms with E-state index in [0.29, 0.717) is 38.6 Å². The number of allylic oxidation sites excluding steroid dienone is 2. The van der Waals surface area contributed by atoms with Crippen LogP contribution in [0.25, 0.3) is 54.9 Å². The molecule has 2 atom stereocenters. The van der Waals surface area contributed by atoms with Gasteiger partial charge in [0.25, 0.3) is 11.4 Å². The van der Waals surface area contributed by atoms with Crippen LogP contribution in [-0.4, -0.2) is 20.9 Å². The predicted octanol–water partition coefficient (Wildman–Crippen LogP) is 9.09. The highest BCUT2D eigenvalue weighted by Gasteiger charge is 2.50. The third kappa shape index (κ3) is 4.37. The van der Waals surface area contributed by atoms with Crippen LogP contribution in [0, 0.1) is 20.2 Å². The van der Waals surface area contributed by atoms with Gasteiger partial charge in [-0.05, 0) is 57.3 Å². The smallest absolute Gasteiger partial charge is 0.269 e. The average Bonchev–Trinajstić information content (AvgIpc) is 3.71. The van der Waals surface area contributed by atoms with Crippen LogP contribution in [0.4, 0.5) is 28.4 Å². The largest absolute Gasteiger partial charge is 0.355 e. The van der Waals surface area contributed by atoms with Crippen LogP contribution in [0.5, 0.6) is 0 Å². The number of anilines is 3. The summed E-state index contributed by atoms with van der Waals surface area (Å²) in [5.41, 5.74) is 6.33. The number of carbonyl (C=O) groups is 1. The fraction of sp³-hybridized carbons (Fsp3) is 0.0400. The van der Waals surface area contributed by atoms with Crippen molar-refractivity contribution in [1.29, 1.82) is 0 Å². The summed E-state index contributed by atoms with van der Waals surface area (Å²) < 4.78 is 0. The molecule has 2 aliphatic heterocycles. The second-order valence-corrected chi connectivity index (χ2v) is 16.3. The van der Waals surface area contributed by atoms with E-state index < -0.39 is 27.0 Å². The number of nitrogens with one attached hydrogen (secondary N) is 3. The number of fused-ring (bicyclic) bond motifs is 10. The van der Waals surface area contributed by atoms with Gasteiger partial charge in [0.1, 0.15) is 0 Å². The van der Waals surface area contributed by atoms with Gasteiger partial charge in [0, 0.05) is 79.4 Å². The molecule has 13 rings (SSSR count). The van der Waals surface area contributed by atoms with Crippen molar-refractivity contribution in [1.82, 2.24) is 0 Å². The molecular formula is C50H28N6O7. The highest BCUT2D eigenvalue weighted by Crippen LogP contribution is 2.56. The van der Waals surface area contributed by atoms with Crippen LogP contribution < -0.4 is 26.5 Å². The number of carbonyl (C=O) groups excluding carboxylic acids is 1. The van der Waals surface area contributed by atoms with E-state index in [1.807, 2.05) is 103 Å². The SMILES string of the molecule is O=C1C(c2ccc3cccc4c3c2NC2(N4)c3ccccc3-c3ccc([N+](=O)[O-])cc32)=C(OO)/C1=c1/ccc2cccc3c2c1=NC1(N3)c2ccccc2-c2ccc([N+](=O)[O-])cc21.